The van der Waals surface area contributed by atoms with Crippen LogP contribution in [0.3, 0.4) is 0 Å². The molecule has 0 aromatic heterocycles. The monoisotopic (exact) mass is 201 g/mol. The Bertz CT molecular complexity index is 173. The van der Waals surface area contributed by atoms with Gasteiger partial charge in [0.2, 0.25) is 0 Å². The van der Waals surface area contributed by atoms with E-state index in [0.29, 0.717) is 0 Å². The first kappa shape index (κ1) is 11.8. The summed E-state index contributed by atoms with van der Waals surface area (Å²) < 4.78 is 47.6. The quantitative estimate of drug-likeness (QED) is 0.472. The predicted molar refractivity (Wildman–Crippen MR) is 42.4 cm³/mol. The molecule has 0 radical (unpaired) electrons. The second-order valence-electron chi connectivity index (χ2n) is 3.14. The molecule has 72 valence electrons. The van der Waals surface area contributed by atoms with Crippen LogP contribution in [0.25, 0.3) is 0 Å². The Morgan fingerprint density at radius 2 is 1.67 bits per heavy atom. The molecule has 1 unspecified atom stereocenters. The van der Waals surface area contributed by atoms with Gasteiger partial charge in [-0.25, -0.2) is 0 Å². The number of hydrogen-bond donors (Lipinski definition) is 0. The van der Waals surface area contributed by atoms with E-state index in [0.717, 1.165) is 0 Å². The highest BCUT2D eigenvalue weighted by Gasteiger charge is 2.30. The van der Waals surface area contributed by atoms with Crippen LogP contribution in [-0.2, 0) is 11.4 Å². The second kappa shape index (κ2) is 3.66. The molecule has 0 bridgehead atoms. The third kappa shape index (κ3) is 5.42. The summed E-state index contributed by atoms with van der Waals surface area (Å²) in [5, 5.41) is 0. The van der Waals surface area contributed by atoms with Gasteiger partial charge in [-0.15, -0.1) is 0 Å². The lowest BCUT2D eigenvalue weighted by Gasteiger charge is -2.17. The van der Waals surface area contributed by atoms with Crippen LogP contribution >= 0.6 is 0 Å². The summed E-state index contributed by atoms with van der Waals surface area (Å²) in [5.41, 5.74) is 0. The highest BCUT2D eigenvalue weighted by molar-refractivity contribution is 7.91. The van der Waals surface area contributed by atoms with E-state index in [1.54, 1.807) is 20.8 Å². The molecule has 0 aliphatic carbocycles. The zero-order valence-corrected chi connectivity index (χ0v) is 7.79. The van der Waals surface area contributed by atoms with Crippen molar-refractivity contribution in [3.63, 3.8) is 0 Å². The fraction of sp³-hybridized carbons (Fsp3) is 0.833. The number of nitrogens with zero attached hydrogens (tertiary/aromatic N) is 1. The normalized spacial score (nSPS) is 16.9. The Balaban J connectivity index is 4.19. The molecule has 0 spiro atoms. The van der Waals surface area contributed by atoms with Gasteiger partial charge in [-0.2, -0.15) is 13.2 Å². The van der Waals surface area contributed by atoms with E-state index < -0.39 is 22.3 Å². The van der Waals surface area contributed by atoms with Gasteiger partial charge in [0, 0.05) is 0 Å². The molecular formula is C6H10F3NOS. The molecule has 0 rings (SSSR count). The summed E-state index contributed by atoms with van der Waals surface area (Å²) in [6.07, 6.45) is -4.73. The van der Waals surface area contributed by atoms with E-state index in [-0.39, 0.29) is 6.21 Å². The molecule has 0 heterocycles. The van der Waals surface area contributed by atoms with Crippen molar-refractivity contribution in [2.24, 2.45) is 4.40 Å². The molecule has 0 saturated heterocycles. The van der Waals surface area contributed by atoms with Gasteiger partial charge in [-0.05, 0) is 20.8 Å². The predicted octanol–water partition coefficient (Wildman–Crippen LogP) is 2.08. The SMILES string of the molecule is CC(C)(C)[S+]([O-])N=CC(F)(F)F. The van der Waals surface area contributed by atoms with Crippen molar-refractivity contribution in [2.75, 3.05) is 0 Å². The molecule has 1 atom stereocenters. The number of rotatable bonds is 1. The number of alkyl halides is 3. The van der Waals surface area contributed by atoms with E-state index in [1.165, 1.54) is 0 Å². The van der Waals surface area contributed by atoms with Crippen molar-refractivity contribution in [3.05, 3.63) is 0 Å². The average molecular weight is 201 g/mol. The summed E-state index contributed by atoms with van der Waals surface area (Å²) in [6.45, 7) is 4.66. The fourth-order valence-corrected chi connectivity index (χ4v) is 0.797. The Kier molecular flexibility index (Phi) is 3.59. The van der Waals surface area contributed by atoms with Gasteiger partial charge in [-0.1, -0.05) is 4.40 Å². The number of hydrogen-bond acceptors (Lipinski definition) is 2. The average Bonchev–Trinajstić information content (AvgIpc) is 1.78. The maximum Gasteiger partial charge on any atom is 0.430 e. The van der Waals surface area contributed by atoms with Gasteiger partial charge in [0.1, 0.15) is 16.1 Å². The van der Waals surface area contributed by atoms with Crippen LogP contribution in [0.15, 0.2) is 4.40 Å². The molecule has 0 N–H and O–H groups in total. The van der Waals surface area contributed by atoms with Crippen molar-refractivity contribution in [3.8, 4) is 0 Å². The summed E-state index contributed by atoms with van der Waals surface area (Å²) in [7, 11) is 0. The standard InChI is InChI=1S/C6H10F3NOS/c1-5(2,3)12(11)10-4-6(7,8)9/h4H,1-3H3. The first-order chi connectivity index (χ1) is 5.13. The smallest absolute Gasteiger partial charge is 0.430 e. The Morgan fingerprint density at radius 1 is 1.25 bits per heavy atom. The maximum atomic E-state index is 11.5. The third-order valence-electron chi connectivity index (χ3n) is 0.819. The molecule has 12 heavy (non-hydrogen) atoms. The van der Waals surface area contributed by atoms with Crippen LogP contribution in [-0.4, -0.2) is 21.7 Å². The lowest BCUT2D eigenvalue weighted by atomic mass is 10.3. The van der Waals surface area contributed by atoms with E-state index >= 15 is 0 Å². The molecule has 0 saturated carbocycles. The molecular weight excluding hydrogens is 191 g/mol. The Hall–Kier alpha value is -0.230. The summed E-state index contributed by atoms with van der Waals surface area (Å²) in [4.78, 5) is 0. The lowest BCUT2D eigenvalue weighted by molar-refractivity contribution is -0.0534. The van der Waals surface area contributed by atoms with E-state index in [2.05, 4.69) is 4.40 Å². The minimum atomic E-state index is -4.49. The van der Waals surface area contributed by atoms with Gasteiger partial charge in [-0.3, -0.25) is 0 Å². The highest BCUT2D eigenvalue weighted by atomic mass is 32.2. The van der Waals surface area contributed by atoms with Gasteiger partial charge < -0.3 is 4.55 Å². The first-order valence-electron chi connectivity index (χ1n) is 3.17. The first-order valence-corrected chi connectivity index (χ1v) is 4.27. The zero-order chi connectivity index (χ0) is 9.99. The Labute approximate surface area is 72.2 Å². The largest absolute Gasteiger partial charge is 0.591 e. The van der Waals surface area contributed by atoms with Crippen LogP contribution < -0.4 is 0 Å². The molecule has 0 aliphatic heterocycles. The van der Waals surface area contributed by atoms with Gasteiger partial charge in [0.15, 0.2) is 6.21 Å². The van der Waals surface area contributed by atoms with Crippen molar-refractivity contribution >= 4 is 17.6 Å². The molecule has 2 nitrogen and oxygen atoms in total. The Morgan fingerprint density at radius 3 is 1.92 bits per heavy atom. The fourth-order valence-electron chi connectivity index (χ4n) is 0.266. The summed E-state index contributed by atoms with van der Waals surface area (Å²) in [5.74, 6) is 0. The summed E-state index contributed by atoms with van der Waals surface area (Å²) >= 11 is -1.83. The van der Waals surface area contributed by atoms with Crippen LogP contribution in [0.2, 0.25) is 0 Å². The minimum Gasteiger partial charge on any atom is -0.591 e. The van der Waals surface area contributed by atoms with E-state index in [1.807, 2.05) is 0 Å². The van der Waals surface area contributed by atoms with Crippen molar-refractivity contribution in [1.82, 2.24) is 0 Å². The minimum absolute atomic E-state index is 0.242. The van der Waals surface area contributed by atoms with Crippen molar-refractivity contribution < 1.29 is 17.7 Å². The van der Waals surface area contributed by atoms with Crippen molar-refractivity contribution in [2.45, 2.75) is 31.7 Å². The molecule has 6 heteroatoms. The van der Waals surface area contributed by atoms with E-state index in [4.69, 9.17) is 0 Å². The molecule has 0 aromatic rings. The van der Waals surface area contributed by atoms with Gasteiger partial charge in [0.25, 0.3) is 0 Å². The van der Waals surface area contributed by atoms with Crippen LogP contribution in [0.1, 0.15) is 20.8 Å². The van der Waals surface area contributed by atoms with Crippen molar-refractivity contribution in [1.29, 1.82) is 0 Å². The van der Waals surface area contributed by atoms with Gasteiger partial charge >= 0.3 is 6.18 Å². The lowest BCUT2D eigenvalue weighted by Crippen LogP contribution is -2.27. The number of halogens is 3. The maximum absolute atomic E-state index is 11.5. The van der Waals surface area contributed by atoms with Crippen LogP contribution in [0, 0.1) is 0 Å². The van der Waals surface area contributed by atoms with Crippen LogP contribution in [0.4, 0.5) is 13.2 Å². The third-order valence-corrected chi connectivity index (χ3v) is 2.16. The van der Waals surface area contributed by atoms with E-state index in [9.17, 15) is 17.7 Å². The van der Waals surface area contributed by atoms with Crippen LogP contribution in [0.5, 0.6) is 0 Å². The molecule has 0 fully saturated rings. The topological polar surface area (TPSA) is 35.4 Å². The molecule has 0 aliphatic rings. The highest BCUT2D eigenvalue weighted by Crippen LogP contribution is 2.18. The van der Waals surface area contributed by atoms with Gasteiger partial charge in [0.05, 0.1) is 0 Å². The second-order valence-corrected chi connectivity index (χ2v) is 5.07. The molecule has 0 amide bonds. The zero-order valence-electron chi connectivity index (χ0n) is 6.97. The molecule has 0 aromatic carbocycles. The summed E-state index contributed by atoms with van der Waals surface area (Å²) in [6, 6.07) is 0.